The molecule has 3 aromatic rings. The molecule has 2 heterocycles. The molecule has 0 aliphatic heterocycles. The van der Waals surface area contributed by atoms with Gasteiger partial charge in [0.15, 0.2) is 0 Å². The van der Waals surface area contributed by atoms with Gasteiger partial charge in [-0.05, 0) is 62.1 Å². The highest BCUT2D eigenvalue weighted by Gasteiger charge is 2.39. The Morgan fingerprint density at radius 2 is 2.04 bits per heavy atom. The van der Waals surface area contributed by atoms with E-state index in [1.807, 2.05) is 25.1 Å². The maximum Gasteiger partial charge on any atom is 0.270 e. The summed E-state index contributed by atoms with van der Waals surface area (Å²) in [5, 5.41) is 6.71. The fourth-order valence-electron chi connectivity index (χ4n) is 3.49. The minimum atomic E-state index is -0.416. The summed E-state index contributed by atoms with van der Waals surface area (Å²) in [5.74, 6) is -0.356. The largest absolute Gasteiger partial charge is 0.348 e. The first-order chi connectivity index (χ1) is 13.5. The molecule has 1 aromatic carbocycles. The zero-order chi connectivity index (χ0) is 19.7. The first kappa shape index (κ1) is 18.5. The van der Waals surface area contributed by atoms with Crippen LogP contribution in [0.5, 0.6) is 0 Å². The van der Waals surface area contributed by atoms with Crippen molar-refractivity contribution in [3.05, 3.63) is 70.6 Å². The van der Waals surface area contributed by atoms with Crippen molar-refractivity contribution in [3.8, 4) is 0 Å². The molecule has 0 radical (unpaired) electrons. The van der Waals surface area contributed by atoms with Crippen LogP contribution in [-0.4, -0.2) is 33.3 Å². The average Bonchev–Trinajstić information content (AvgIpc) is 3.09. The summed E-state index contributed by atoms with van der Waals surface area (Å²) in [6, 6.07) is 10.8. The maximum absolute atomic E-state index is 12.7. The van der Waals surface area contributed by atoms with Gasteiger partial charge in [0.25, 0.3) is 11.8 Å². The number of hydrogen-bond acceptors (Lipinski definition) is 3. The molecule has 28 heavy (non-hydrogen) atoms. The van der Waals surface area contributed by atoms with Crippen molar-refractivity contribution >= 4 is 29.1 Å². The lowest BCUT2D eigenvalue weighted by Gasteiger charge is -2.42. The van der Waals surface area contributed by atoms with E-state index in [0.717, 1.165) is 30.5 Å². The van der Waals surface area contributed by atoms with Gasteiger partial charge in [0.05, 0.1) is 11.7 Å². The van der Waals surface area contributed by atoms with Crippen molar-refractivity contribution in [3.63, 3.8) is 0 Å². The van der Waals surface area contributed by atoms with Gasteiger partial charge in [-0.3, -0.25) is 14.0 Å². The zero-order valence-electron chi connectivity index (χ0n) is 15.5. The maximum atomic E-state index is 12.7. The fourth-order valence-corrected chi connectivity index (χ4v) is 3.61. The number of benzene rings is 1. The number of amides is 2. The van der Waals surface area contributed by atoms with E-state index in [1.165, 1.54) is 0 Å². The number of nitrogens with zero attached hydrogens (tertiary/aromatic N) is 2. The standard InChI is InChI=1S/C21H21ClN4O2/c1-14-11-15(6-7-16(14)22)19(27)25-21(8-4-9-21)13-24-20(28)17-12-23-18-5-2-3-10-26(17)18/h2-3,5-7,10-12H,4,8-9,13H2,1H3,(H,24,28)(H,25,27). The summed E-state index contributed by atoms with van der Waals surface area (Å²) < 4.78 is 1.75. The minimum Gasteiger partial charge on any atom is -0.348 e. The third-order valence-corrected chi connectivity index (χ3v) is 5.77. The number of aromatic nitrogens is 2. The van der Waals surface area contributed by atoms with Gasteiger partial charge < -0.3 is 10.6 Å². The molecule has 0 bridgehead atoms. The molecule has 7 heteroatoms. The van der Waals surface area contributed by atoms with Crippen molar-refractivity contribution in [1.82, 2.24) is 20.0 Å². The molecule has 0 unspecified atom stereocenters. The molecule has 0 saturated heterocycles. The molecule has 2 amide bonds. The van der Waals surface area contributed by atoms with Crippen LogP contribution in [0.25, 0.3) is 5.65 Å². The number of nitrogens with one attached hydrogen (secondary N) is 2. The quantitative estimate of drug-likeness (QED) is 0.694. The summed E-state index contributed by atoms with van der Waals surface area (Å²) >= 11 is 6.05. The molecule has 2 N–H and O–H groups in total. The Hall–Kier alpha value is -2.86. The smallest absolute Gasteiger partial charge is 0.270 e. The predicted molar refractivity (Wildman–Crippen MR) is 108 cm³/mol. The van der Waals surface area contributed by atoms with Crippen LogP contribution in [0.15, 0.2) is 48.8 Å². The Morgan fingerprint density at radius 1 is 1.21 bits per heavy atom. The van der Waals surface area contributed by atoms with Crippen molar-refractivity contribution in [1.29, 1.82) is 0 Å². The van der Waals surface area contributed by atoms with E-state index < -0.39 is 5.54 Å². The van der Waals surface area contributed by atoms with Gasteiger partial charge in [-0.2, -0.15) is 0 Å². The second-order valence-electron chi connectivity index (χ2n) is 7.31. The van der Waals surface area contributed by atoms with Crippen LogP contribution in [0.4, 0.5) is 0 Å². The van der Waals surface area contributed by atoms with Gasteiger partial charge in [0, 0.05) is 23.3 Å². The third kappa shape index (κ3) is 3.47. The molecule has 0 spiro atoms. The molecule has 1 aliphatic rings. The lowest BCUT2D eigenvalue weighted by Crippen LogP contribution is -2.59. The average molecular weight is 397 g/mol. The second-order valence-corrected chi connectivity index (χ2v) is 7.71. The molecular formula is C21H21ClN4O2. The lowest BCUT2D eigenvalue weighted by molar-refractivity contribution is 0.0787. The Balaban J connectivity index is 1.44. The number of hydrogen-bond donors (Lipinski definition) is 2. The number of carbonyl (C=O) groups is 2. The normalized spacial score (nSPS) is 15.1. The molecule has 144 valence electrons. The van der Waals surface area contributed by atoms with E-state index in [9.17, 15) is 9.59 Å². The van der Waals surface area contributed by atoms with Crippen LogP contribution < -0.4 is 10.6 Å². The van der Waals surface area contributed by atoms with Gasteiger partial charge in [0.2, 0.25) is 0 Å². The molecule has 6 nitrogen and oxygen atoms in total. The Kier molecular flexibility index (Phi) is 4.81. The van der Waals surface area contributed by atoms with E-state index in [0.29, 0.717) is 22.8 Å². The molecule has 1 saturated carbocycles. The van der Waals surface area contributed by atoms with Crippen molar-refractivity contribution < 1.29 is 9.59 Å². The van der Waals surface area contributed by atoms with Crippen LogP contribution in [0.3, 0.4) is 0 Å². The zero-order valence-corrected chi connectivity index (χ0v) is 16.3. The summed E-state index contributed by atoms with van der Waals surface area (Å²) in [4.78, 5) is 29.6. The van der Waals surface area contributed by atoms with E-state index in [-0.39, 0.29) is 11.8 Å². The monoisotopic (exact) mass is 396 g/mol. The highest BCUT2D eigenvalue weighted by atomic mass is 35.5. The summed E-state index contributed by atoms with van der Waals surface area (Å²) in [5.41, 5.74) is 2.21. The number of rotatable bonds is 5. The van der Waals surface area contributed by atoms with Crippen LogP contribution in [0, 0.1) is 6.92 Å². The third-order valence-electron chi connectivity index (χ3n) is 5.35. The van der Waals surface area contributed by atoms with Gasteiger partial charge in [0.1, 0.15) is 11.3 Å². The molecule has 4 rings (SSSR count). The van der Waals surface area contributed by atoms with Gasteiger partial charge >= 0.3 is 0 Å². The van der Waals surface area contributed by atoms with Crippen LogP contribution in [0.2, 0.25) is 5.02 Å². The van der Waals surface area contributed by atoms with Crippen molar-refractivity contribution in [2.75, 3.05) is 6.54 Å². The Bertz CT molecular complexity index is 1060. The first-order valence-corrected chi connectivity index (χ1v) is 9.64. The highest BCUT2D eigenvalue weighted by Crippen LogP contribution is 2.32. The Morgan fingerprint density at radius 3 is 2.75 bits per heavy atom. The predicted octanol–water partition coefficient (Wildman–Crippen LogP) is 3.38. The highest BCUT2D eigenvalue weighted by molar-refractivity contribution is 6.31. The van der Waals surface area contributed by atoms with Gasteiger partial charge in [-0.1, -0.05) is 17.7 Å². The number of fused-ring (bicyclic) bond motifs is 1. The number of imidazole rings is 1. The number of pyridine rings is 1. The summed E-state index contributed by atoms with van der Waals surface area (Å²) in [6.07, 6.45) is 6.05. The van der Waals surface area contributed by atoms with Crippen molar-refractivity contribution in [2.24, 2.45) is 0 Å². The van der Waals surface area contributed by atoms with Gasteiger partial charge in [-0.25, -0.2) is 4.98 Å². The molecule has 1 aliphatic carbocycles. The van der Waals surface area contributed by atoms with E-state index in [2.05, 4.69) is 15.6 Å². The van der Waals surface area contributed by atoms with E-state index in [4.69, 9.17) is 11.6 Å². The SMILES string of the molecule is Cc1cc(C(=O)NC2(CNC(=O)c3cnc4ccccn34)CCC2)ccc1Cl. The van der Waals surface area contributed by atoms with Crippen LogP contribution >= 0.6 is 11.6 Å². The Labute approximate surface area is 167 Å². The molecular weight excluding hydrogens is 376 g/mol. The van der Waals surface area contributed by atoms with Crippen LogP contribution in [0.1, 0.15) is 45.7 Å². The van der Waals surface area contributed by atoms with Crippen molar-refractivity contribution in [2.45, 2.75) is 31.7 Å². The second kappa shape index (κ2) is 7.28. The number of aryl methyl sites for hydroxylation is 1. The van der Waals surface area contributed by atoms with Crippen LogP contribution in [-0.2, 0) is 0 Å². The number of halogens is 1. The molecule has 1 fully saturated rings. The summed E-state index contributed by atoms with van der Waals surface area (Å²) in [7, 11) is 0. The first-order valence-electron chi connectivity index (χ1n) is 9.26. The van der Waals surface area contributed by atoms with E-state index in [1.54, 1.807) is 35.0 Å². The topological polar surface area (TPSA) is 75.5 Å². The molecule has 0 atom stereocenters. The van der Waals surface area contributed by atoms with E-state index >= 15 is 0 Å². The fraction of sp³-hybridized carbons (Fsp3) is 0.286. The number of carbonyl (C=O) groups excluding carboxylic acids is 2. The molecule has 2 aromatic heterocycles. The van der Waals surface area contributed by atoms with Gasteiger partial charge in [-0.15, -0.1) is 0 Å². The summed E-state index contributed by atoms with van der Waals surface area (Å²) in [6.45, 7) is 2.25. The lowest BCUT2D eigenvalue weighted by atomic mass is 9.76. The minimum absolute atomic E-state index is 0.150.